The summed E-state index contributed by atoms with van der Waals surface area (Å²) in [5, 5.41) is 4.03. The Morgan fingerprint density at radius 3 is 2.73 bits per heavy atom. The summed E-state index contributed by atoms with van der Waals surface area (Å²) in [6.45, 7) is 0.836. The highest BCUT2D eigenvalue weighted by atomic mass is 35.5. The van der Waals surface area contributed by atoms with Crippen LogP contribution < -0.4 is 19.5 Å². The predicted octanol–water partition coefficient (Wildman–Crippen LogP) is 4.39. The van der Waals surface area contributed by atoms with E-state index in [1.165, 1.54) is 11.3 Å². The van der Waals surface area contributed by atoms with Crippen molar-refractivity contribution in [3.8, 4) is 17.2 Å². The largest absolute Gasteiger partial charge is 0.486 e. The van der Waals surface area contributed by atoms with Crippen molar-refractivity contribution >= 4 is 55.8 Å². The summed E-state index contributed by atoms with van der Waals surface area (Å²) in [7, 11) is 0. The number of thiazole rings is 1. The summed E-state index contributed by atoms with van der Waals surface area (Å²) in [4.78, 5) is 16.5. The summed E-state index contributed by atoms with van der Waals surface area (Å²) in [6, 6.07) is 8.47. The number of carbonyl (C=O) groups excluding carboxylic acids is 1. The van der Waals surface area contributed by atoms with E-state index in [-0.39, 0.29) is 12.5 Å². The van der Waals surface area contributed by atoms with Gasteiger partial charge < -0.3 is 14.2 Å². The smallest absolute Gasteiger partial charge is 0.264 e. The van der Waals surface area contributed by atoms with Crippen LogP contribution in [0.3, 0.4) is 0 Å². The monoisotopic (exact) mass is 410 g/mol. The van der Waals surface area contributed by atoms with Gasteiger partial charge in [-0.05, 0) is 18.2 Å². The molecule has 1 aliphatic rings. The number of anilines is 1. The number of ether oxygens (including phenoxy) is 3. The van der Waals surface area contributed by atoms with Crippen LogP contribution in [0.1, 0.15) is 0 Å². The summed E-state index contributed by atoms with van der Waals surface area (Å²) in [5.41, 5.74) is 0.733. The van der Waals surface area contributed by atoms with Gasteiger partial charge in [-0.1, -0.05) is 34.5 Å². The van der Waals surface area contributed by atoms with Gasteiger partial charge in [-0.2, -0.15) is 0 Å². The molecule has 0 fully saturated rings. The number of rotatable bonds is 4. The molecule has 2 aromatic carbocycles. The molecule has 0 unspecified atom stereocenters. The second-order valence-electron chi connectivity index (χ2n) is 5.39. The van der Waals surface area contributed by atoms with Gasteiger partial charge in [0.25, 0.3) is 5.91 Å². The normalized spacial score (nSPS) is 12.8. The lowest BCUT2D eigenvalue weighted by Crippen LogP contribution is -2.20. The minimum atomic E-state index is -0.340. The molecule has 2 heterocycles. The number of hydrogen-bond acceptors (Lipinski definition) is 6. The van der Waals surface area contributed by atoms with E-state index in [1.807, 2.05) is 6.07 Å². The molecule has 0 spiro atoms. The van der Waals surface area contributed by atoms with E-state index in [1.54, 1.807) is 24.3 Å². The average molecular weight is 411 g/mol. The third kappa shape index (κ3) is 3.65. The molecular formula is C17H12Cl2N2O4S. The first kappa shape index (κ1) is 17.2. The maximum atomic E-state index is 12.1. The third-order valence-electron chi connectivity index (χ3n) is 3.55. The van der Waals surface area contributed by atoms with Crippen molar-refractivity contribution in [1.29, 1.82) is 0 Å². The van der Waals surface area contributed by atoms with E-state index in [0.29, 0.717) is 45.6 Å². The molecule has 1 aliphatic heterocycles. The molecule has 0 radical (unpaired) electrons. The molecule has 0 saturated heterocycles. The molecule has 6 nitrogen and oxygen atoms in total. The SMILES string of the molecule is O=C(COc1ccc(Cl)cc1Cl)Nc1nc2cc3c(cc2s1)OCCO3. The van der Waals surface area contributed by atoms with Gasteiger partial charge in [0, 0.05) is 17.2 Å². The van der Waals surface area contributed by atoms with Crippen LogP contribution in [0.25, 0.3) is 10.2 Å². The van der Waals surface area contributed by atoms with E-state index in [0.717, 1.165) is 10.2 Å². The van der Waals surface area contributed by atoms with Gasteiger partial charge in [0.05, 0.1) is 15.2 Å². The number of benzene rings is 2. The Bertz CT molecular complexity index is 949. The van der Waals surface area contributed by atoms with Gasteiger partial charge in [0.2, 0.25) is 0 Å². The summed E-state index contributed by atoms with van der Waals surface area (Å²) >= 11 is 13.2. The fourth-order valence-electron chi connectivity index (χ4n) is 2.41. The van der Waals surface area contributed by atoms with Crippen molar-refractivity contribution in [2.75, 3.05) is 25.1 Å². The van der Waals surface area contributed by atoms with Gasteiger partial charge >= 0.3 is 0 Å². The van der Waals surface area contributed by atoms with Crippen LogP contribution in [0.5, 0.6) is 17.2 Å². The quantitative estimate of drug-likeness (QED) is 0.690. The molecule has 3 aromatic rings. The number of halogens is 2. The Labute approximate surface area is 162 Å². The number of hydrogen-bond donors (Lipinski definition) is 1. The van der Waals surface area contributed by atoms with Gasteiger partial charge in [-0.15, -0.1) is 0 Å². The Morgan fingerprint density at radius 1 is 1.19 bits per heavy atom. The Kier molecular flexibility index (Phi) is 4.76. The first-order chi connectivity index (χ1) is 12.6. The molecule has 0 saturated carbocycles. The molecule has 0 bridgehead atoms. The van der Waals surface area contributed by atoms with Crippen LogP contribution in [-0.2, 0) is 4.79 Å². The molecule has 1 aromatic heterocycles. The number of amides is 1. The molecule has 26 heavy (non-hydrogen) atoms. The van der Waals surface area contributed by atoms with E-state index in [9.17, 15) is 4.79 Å². The summed E-state index contributed by atoms with van der Waals surface area (Å²) < 4.78 is 17.4. The summed E-state index contributed by atoms with van der Waals surface area (Å²) in [5.74, 6) is 1.39. The third-order valence-corrected chi connectivity index (χ3v) is 5.02. The van der Waals surface area contributed by atoms with Gasteiger partial charge in [0.15, 0.2) is 23.2 Å². The molecule has 1 N–H and O–H groups in total. The maximum Gasteiger partial charge on any atom is 0.264 e. The lowest BCUT2D eigenvalue weighted by Gasteiger charge is -2.17. The zero-order valence-electron chi connectivity index (χ0n) is 13.3. The van der Waals surface area contributed by atoms with Crippen molar-refractivity contribution < 1.29 is 19.0 Å². The van der Waals surface area contributed by atoms with E-state index in [4.69, 9.17) is 37.4 Å². The fourth-order valence-corrected chi connectivity index (χ4v) is 3.76. The highest BCUT2D eigenvalue weighted by molar-refractivity contribution is 7.22. The van der Waals surface area contributed by atoms with E-state index >= 15 is 0 Å². The minimum Gasteiger partial charge on any atom is -0.486 e. The zero-order valence-corrected chi connectivity index (χ0v) is 15.6. The molecule has 134 valence electrons. The number of fused-ring (bicyclic) bond motifs is 2. The topological polar surface area (TPSA) is 69.7 Å². The lowest BCUT2D eigenvalue weighted by atomic mass is 10.3. The molecule has 0 aliphatic carbocycles. The minimum absolute atomic E-state index is 0.194. The highest BCUT2D eigenvalue weighted by Crippen LogP contribution is 2.37. The van der Waals surface area contributed by atoms with Crippen LogP contribution >= 0.6 is 34.5 Å². The summed E-state index contributed by atoms with van der Waals surface area (Å²) in [6.07, 6.45) is 0. The molecule has 4 rings (SSSR count). The van der Waals surface area contributed by atoms with Crippen LogP contribution in [-0.4, -0.2) is 30.7 Å². The van der Waals surface area contributed by atoms with E-state index < -0.39 is 0 Å². The van der Waals surface area contributed by atoms with E-state index in [2.05, 4.69) is 10.3 Å². The van der Waals surface area contributed by atoms with Gasteiger partial charge in [-0.25, -0.2) is 4.98 Å². The van der Waals surface area contributed by atoms with Gasteiger partial charge in [0.1, 0.15) is 19.0 Å². The fraction of sp³-hybridized carbons (Fsp3) is 0.176. The van der Waals surface area contributed by atoms with Crippen molar-refractivity contribution in [3.05, 3.63) is 40.4 Å². The van der Waals surface area contributed by atoms with Crippen LogP contribution in [0.15, 0.2) is 30.3 Å². The Hall–Kier alpha value is -2.22. The molecule has 0 atom stereocenters. The zero-order chi connectivity index (χ0) is 18.1. The Balaban J connectivity index is 1.44. The van der Waals surface area contributed by atoms with Crippen LogP contribution in [0, 0.1) is 0 Å². The van der Waals surface area contributed by atoms with Crippen molar-refractivity contribution in [2.45, 2.75) is 0 Å². The van der Waals surface area contributed by atoms with Crippen molar-refractivity contribution in [3.63, 3.8) is 0 Å². The standard InChI is InChI=1S/C17H12Cl2N2O4S/c18-9-1-2-12(10(19)5-9)25-8-16(22)21-17-20-11-6-13-14(7-15(11)26-17)24-4-3-23-13/h1-2,5-7H,3-4,8H2,(H,20,21,22). The first-order valence-corrected chi connectivity index (χ1v) is 9.23. The molecule has 9 heteroatoms. The van der Waals surface area contributed by atoms with Gasteiger partial charge in [-0.3, -0.25) is 10.1 Å². The highest BCUT2D eigenvalue weighted by Gasteiger charge is 2.16. The number of nitrogens with one attached hydrogen (secondary N) is 1. The second-order valence-corrected chi connectivity index (χ2v) is 7.27. The lowest BCUT2D eigenvalue weighted by molar-refractivity contribution is -0.118. The Morgan fingerprint density at radius 2 is 1.96 bits per heavy atom. The van der Waals surface area contributed by atoms with Crippen molar-refractivity contribution in [2.24, 2.45) is 0 Å². The number of carbonyl (C=O) groups is 1. The first-order valence-electron chi connectivity index (χ1n) is 7.66. The second kappa shape index (κ2) is 7.19. The number of aromatic nitrogens is 1. The molecule has 1 amide bonds. The van der Waals surface area contributed by atoms with Crippen molar-refractivity contribution in [1.82, 2.24) is 4.98 Å². The molecular weight excluding hydrogens is 399 g/mol. The predicted molar refractivity (Wildman–Crippen MR) is 101 cm³/mol. The maximum absolute atomic E-state index is 12.1. The van der Waals surface area contributed by atoms with Crippen LogP contribution in [0.4, 0.5) is 5.13 Å². The average Bonchev–Trinajstić information content (AvgIpc) is 2.99. The van der Waals surface area contributed by atoms with Crippen LogP contribution in [0.2, 0.25) is 10.0 Å². The number of nitrogens with zero attached hydrogens (tertiary/aromatic N) is 1.